The molecular formula is C7H7N5. The van der Waals surface area contributed by atoms with E-state index >= 15 is 0 Å². The quantitative estimate of drug-likeness (QED) is 0.636. The van der Waals surface area contributed by atoms with Crippen LogP contribution in [0.3, 0.4) is 0 Å². The first-order valence-electron chi connectivity index (χ1n) is 3.43. The van der Waals surface area contributed by atoms with Crippen LogP contribution in [0.2, 0.25) is 0 Å². The van der Waals surface area contributed by atoms with Crippen molar-refractivity contribution >= 4 is 5.82 Å². The third-order valence-electron chi connectivity index (χ3n) is 1.48. The van der Waals surface area contributed by atoms with Gasteiger partial charge >= 0.3 is 0 Å². The molecule has 2 heterocycles. The zero-order valence-corrected chi connectivity index (χ0v) is 6.23. The van der Waals surface area contributed by atoms with Crippen LogP contribution in [0.15, 0.2) is 24.8 Å². The molecule has 0 spiro atoms. The summed E-state index contributed by atoms with van der Waals surface area (Å²) in [6.07, 6.45) is 4.86. The zero-order valence-electron chi connectivity index (χ0n) is 6.23. The zero-order chi connectivity index (χ0) is 8.39. The van der Waals surface area contributed by atoms with E-state index in [1.54, 1.807) is 18.5 Å². The number of hydrogen-bond acceptors (Lipinski definition) is 4. The van der Waals surface area contributed by atoms with Gasteiger partial charge in [-0.25, -0.2) is 9.97 Å². The molecule has 60 valence electrons. The number of nitrogens with one attached hydrogen (secondary N) is 1. The number of hydrogen-bond donors (Lipinski definition) is 2. The van der Waals surface area contributed by atoms with E-state index in [1.807, 2.05) is 0 Å². The Balaban J connectivity index is 2.48. The monoisotopic (exact) mass is 161 g/mol. The van der Waals surface area contributed by atoms with Crippen molar-refractivity contribution in [2.24, 2.45) is 0 Å². The van der Waals surface area contributed by atoms with Gasteiger partial charge in [0.05, 0.1) is 11.9 Å². The van der Waals surface area contributed by atoms with E-state index in [0.29, 0.717) is 5.82 Å². The first-order chi connectivity index (χ1) is 5.86. The first kappa shape index (κ1) is 6.78. The van der Waals surface area contributed by atoms with Crippen molar-refractivity contribution < 1.29 is 0 Å². The van der Waals surface area contributed by atoms with Gasteiger partial charge in [-0.3, -0.25) is 5.10 Å². The molecule has 3 N–H and O–H groups in total. The summed E-state index contributed by atoms with van der Waals surface area (Å²) in [5, 5.41) is 6.50. The van der Waals surface area contributed by atoms with Crippen LogP contribution in [0.4, 0.5) is 5.82 Å². The average Bonchev–Trinajstić information content (AvgIpc) is 2.56. The van der Waals surface area contributed by atoms with Crippen LogP contribution < -0.4 is 5.73 Å². The molecule has 2 aromatic rings. The van der Waals surface area contributed by atoms with Gasteiger partial charge in [0.25, 0.3) is 0 Å². The van der Waals surface area contributed by atoms with E-state index in [2.05, 4.69) is 20.2 Å². The van der Waals surface area contributed by atoms with Crippen LogP contribution in [0.5, 0.6) is 0 Å². The molecule has 5 heteroatoms. The minimum atomic E-state index is 0.459. The maximum Gasteiger partial charge on any atom is 0.127 e. The smallest absolute Gasteiger partial charge is 0.127 e. The average molecular weight is 161 g/mol. The lowest BCUT2D eigenvalue weighted by atomic mass is 10.2. The van der Waals surface area contributed by atoms with Crippen LogP contribution in [-0.2, 0) is 0 Å². The van der Waals surface area contributed by atoms with E-state index in [9.17, 15) is 0 Å². The summed E-state index contributed by atoms with van der Waals surface area (Å²) in [6.45, 7) is 0. The fourth-order valence-corrected chi connectivity index (χ4v) is 0.921. The number of nitrogen functional groups attached to an aromatic ring is 1. The Morgan fingerprint density at radius 2 is 2.25 bits per heavy atom. The van der Waals surface area contributed by atoms with Crippen LogP contribution in [0.1, 0.15) is 0 Å². The molecule has 0 amide bonds. The van der Waals surface area contributed by atoms with Gasteiger partial charge < -0.3 is 5.73 Å². The molecule has 12 heavy (non-hydrogen) atoms. The minimum Gasteiger partial charge on any atom is -0.384 e. The van der Waals surface area contributed by atoms with E-state index in [0.717, 1.165) is 11.3 Å². The molecule has 0 unspecified atom stereocenters. The van der Waals surface area contributed by atoms with Gasteiger partial charge in [-0.2, -0.15) is 5.10 Å². The summed E-state index contributed by atoms with van der Waals surface area (Å²) in [5.41, 5.74) is 7.16. The molecular weight excluding hydrogens is 154 g/mol. The number of anilines is 1. The van der Waals surface area contributed by atoms with Crippen LogP contribution in [0, 0.1) is 0 Å². The summed E-state index contributed by atoms with van der Waals surface area (Å²) < 4.78 is 0. The molecule has 2 rings (SSSR count). The SMILES string of the molecule is Nc1cc(-c2cn[nH]c2)ncn1. The van der Waals surface area contributed by atoms with Crippen molar-refractivity contribution in [2.75, 3.05) is 5.73 Å². The number of nitrogens with zero attached hydrogens (tertiary/aromatic N) is 3. The summed E-state index contributed by atoms with van der Waals surface area (Å²) in [5.74, 6) is 0.459. The molecule has 0 aliphatic carbocycles. The van der Waals surface area contributed by atoms with E-state index < -0.39 is 0 Å². The summed E-state index contributed by atoms with van der Waals surface area (Å²) in [6, 6.07) is 1.70. The molecule has 0 aliphatic rings. The third-order valence-corrected chi connectivity index (χ3v) is 1.48. The van der Waals surface area contributed by atoms with Crippen LogP contribution in [-0.4, -0.2) is 20.2 Å². The lowest BCUT2D eigenvalue weighted by molar-refractivity contribution is 1.09. The fraction of sp³-hybridized carbons (Fsp3) is 0. The van der Waals surface area contributed by atoms with E-state index in [1.165, 1.54) is 6.33 Å². The van der Waals surface area contributed by atoms with E-state index in [-0.39, 0.29) is 0 Å². The summed E-state index contributed by atoms with van der Waals surface area (Å²) in [7, 11) is 0. The van der Waals surface area contributed by atoms with Gasteiger partial charge in [-0.1, -0.05) is 0 Å². The highest BCUT2D eigenvalue weighted by molar-refractivity contribution is 5.59. The van der Waals surface area contributed by atoms with Gasteiger partial charge in [0.15, 0.2) is 0 Å². The normalized spacial score (nSPS) is 10.0. The standard InChI is InChI=1S/C7H7N5/c8-7-1-6(9-4-10-7)5-2-11-12-3-5/h1-4H,(H,11,12)(H2,8,9,10). The maximum absolute atomic E-state index is 5.48. The van der Waals surface area contributed by atoms with Crippen molar-refractivity contribution in [1.29, 1.82) is 0 Å². The lowest BCUT2D eigenvalue weighted by Crippen LogP contribution is -1.91. The maximum atomic E-state index is 5.48. The molecule has 0 atom stereocenters. The summed E-state index contributed by atoms with van der Waals surface area (Å²) >= 11 is 0. The van der Waals surface area contributed by atoms with Gasteiger partial charge in [-0.05, 0) is 0 Å². The second kappa shape index (κ2) is 2.61. The number of rotatable bonds is 1. The predicted octanol–water partition coefficient (Wildman–Crippen LogP) is 0.449. The van der Waals surface area contributed by atoms with Gasteiger partial charge in [-0.15, -0.1) is 0 Å². The van der Waals surface area contributed by atoms with Gasteiger partial charge in [0, 0.05) is 17.8 Å². The molecule has 2 aromatic heterocycles. The predicted molar refractivity (Wildman–Crippen MR) is 44.0 cm³/mol. The lowest BCUT2D eigenvalue weighted by Gasteiger charge is -1.95. The molecule has 0 saturated heterocycles. The Labute approximate surface area is 68.7 Å². The van der Waals surface area contributed by atoms with Crippen LogP contribution >= 0.6 is 0 Å². The topological polar surface area (TPSA) is 80.5 Å². The fourth-order valence-electron chi connectivity index (χ4n) is 0.921. The number of aromatic nitrogens is 4. The number of aromatic amines is 1. The molecule has 0 saturated carbocycles. The minimum absolute atomic E-state index is 0.459. The second-order valence-corrected chi connectivity index (χ2v) is 2.32. The summed E-state index contributed by atoms with van der Waals surface area (Å²) in [4.78, 5) is 7.82. The Hall–Kier alpha value is -1.91. The van der Waals surface area contributed by atoms with Crippen molar-refractivity contribution in [3.63, 3.8) is 0 Å². The highest BCUT2D eigenvalue weighted by atomic mass is 15.1. The molecule has 0 fully saturated rings. The van der Waals surface area contributed by atoms with Crippen molar-refractivity contribution in [2.45, 2.75) is 0 Å². The van der Waals surface area contributed by atoms with Gasteiger partial charge in [0.1, 0.15) is 12.1 Å². The molecule has 0 aliphatic heterocycles. The first-order valence-corrected chi connectivity index (χ1v) is 3.43. The largest absolute Gasteiger partial charge is 0.384 e. The second-order valence-electron chi connectivity index (χ2n) is 2.32. The number of H-pyrrole nitrogens is 1. The van der Waals surface area contributed by atoms with Crippen molar-refractivity contribution in [1.82, 2.24) is 20.2 Å². The third kappa shape index (κ3) is 1.12. The highest BCUT2D eigenvalue weighted by Crippen LogP contribution is 2.14. The Bertz CT molecular complexity index is 367. The number of nitrogens with two attached hydrogens (primary N) is 1. The van der Waals surface area contributed by atoms with Crippen molar-refractivity contribution in [3.8, 4) is 11.3 Å². The highest BCUT2D eigenvalue weighted by Gasteiger charge is 1.99. The van der Waals surface area contributed by atoms with E-state index in [4.69, 9.17) is 5.73 Å². The molecule has 0 radical (unpaired) electrons. The molecule has 0 aromatic carbocycles. The molecule has 0 bridgehead atoms. The Kier molecular flexibility index (Phi) is 1.48. The Morgan fingerprint density at radius 3 is 2.92 bits per heavy atom. The van der Waals surface area contributed by atoms with Crippen molar-refractivity contribution in [3.05, 3.63) is 24.8 Å². The van der Waals surface area contributed by atoms with Crippen LogP contribution in [0.25, 0.3) is 11.3 Å². The van der Waals surface area contributed by atoms with Gasteiger partial charge in [0.2, 0.25) is 0 Å². The molecule has 5 nitrogen and oxygen atoms in total. The Morgan fingerprint density at radius 1 is 1.33 bits per heavy atom.